The summed E-state index contributed by atoms with van der Waals surface area (Å²) in [4.78, 5) is 0. The SMILES string of the molecule is CC(C)=CC12C3CCCC1C32. The largest absolute Gasteiger partial charge is 0.0798 e. The highest BCUT2D eigenvalue weighted by molar-refractivity contribution is 5.40. The maximum absolute atomic E-state index is 2.58. The molecule has 0 radical (unpaired) electrons. The fourth-order valence-electron chi connectivity index (χ4n) is 3.73. The van der Waals surface area contributed by atoms with E-state index in [1.807, 2.05) is 0 Å². The minimum atomic E-state index is 0.789. The Balaban J connectivity index is 1.86. The Kier molecular flexibility index (Phi) is 0.898. The molecule has 0 nitrogen and oxygen atoms in total. The second-order valence-electron chi connectivity index (χ2n) is 4.89. The number of allylic oxidation sites excluding steroid dienone is 2. The first-order valence-corrected chi connectivity index (χ1v) is 4.93. The average molecular weight is 148 g/mol. The summed E-state index contributed by atoms with van der Waals surface area (Å²) in [6.45, 7) is 4.50. The van der Waals surface area contributed by atoms with Gasteiger partial charge >= 0.3 is 0 Å². The summed E-state index contributed by atoms with van der Waals surface area (Å²) in [7, 11) is 0. The quantitative estimate of drug-likeness (QED) is 0.501. The lowest BCUT2D eigenvalue weighted by molar-refractivity contribution is 0.301. The molecule has 0 aromatic rings. The highest BCUT2D eigenvalue weighted by Crippen LogP contribution is 2.89. The minimum Gasteiger partial charge on any atom is -0.0798 e. The van der Waals surface area contributed by atoms with E-state index in [4.69, 9.17) is 0 Å². The first kappa shape index (κ1) is 6.28. The molecule has 0 aliphatic heterocycles. The summed E-state index contributed by atoms with van der Waals surface area (Å²) >= 11 is 0. The summed E-state index contributed by atoms with van der Waals surface area (Å²) < 4.78 is 0. The maximum atomic E-state index is 2.58. The smallest absolute Gasteiger partial charge is 0.00190 e. The first-order valence-electron chi connectivity index (χ1n) is 4.93. The molecule has 0 bridgehead atoms. The van der Waals surface area contributed by atoms with E-state index in [0.717, 1.165) is 23.2 Å². The van der Waals surface area contributed by atoms with Crippen molar-refractivity contribution in [1.29, 1.82) is 0 Å². The Labute approximate surface area is 68.7 Å². The van der Waals surface area contributed by atoms with E-state index in [1.165, 1.54) is 19.3 Å². The molecule has 3 saturated carbocycles. The fourth-order valence-corrected chi connectivity index (χ4v) is 3.73. The van der Waals surface area contributed by atoms with Crippen LogP contribution in [0, 0.1) is 23.2 Å². The van der Waals surface area contributed by atoms with Gasteiger partial charge in [-0.05, 0) is 49.9 Å². The molecule has 0 heterocycles. The van der Waals surface area contributed by atoms with Crippen LogP contribution in [0.15, 0.2) is 11.6 Å². The maximum Gasteiger partial charge on any atom is -0.00190 e. The standard InChI is InChI=1S/C11H16/c1-7(2)6-11-8-4-3-5-9(11)10(8)11/h6,8-10H,3-5H2,1-2H3. The van der Waals surface area contributed by atoms with E-state index in [0.29, 0.717) is 0 Å². The summed E-state index contributed by atoms with van der Waals surface area (Å²) in [5.41, 5.74) is 2.33. The molecule has 3 rings (SSSR count). The molecule has 60 valence electrons. The van der Waals surface area contributed by atoms with Crippen LogP contribution >= 0.6 is 0 Å². The van der Waals surface area contributed by atoms with E-state index >= 15 is 0 Å². The van der Waals surface area contributed by atoms with Gasteiger partial charge in [-0.15, -0.1) is 0 Å². The van der Waals surface area contributed by atoms with Crippen molar-refractivity contribution < 1.29 is 0 Å². The van der Waals surface area contributed by atoms with E-state index in [9.17, 15) is 0 Å². The van der Waals surface area contributed by atoms with Crippen molar-refractivity contribution in [3.05, 3.63) is 11.6 Å². The van der Waals surface area contributed by atoms with Gasteiger partial charge in [-0.2, -0.15) is 0 Å². The number of hydrogen-bond donors (Lipinski definition) is 0. The van der Waals surface area contributed by atoms with Crippen molar-refractivity contribution >= 4 is 0 Å². The van der Waals surface area contributed by atoms with Gasteiger partial charge < -0.3 is 0 Å². The second kappa shape index (κ2) is 1.57. The van der Waals surface area contributed by atoms with Crippen molar-refractivity contribution in [2.75, 3.05) is 0 Å². The number of rotatable bonds is 1. The molecule has 0 spiro atoms. The van der Waals surface area contributed by atoms with E-state index in [-0.39, 0.29) is 0 Å². The van der Waals surface area contributed by atoms with E-state index in [2.05, 4.69) is 19.9 Å². The molecule has 0 N–H and O–H groups in total. The molecule has 0 amide bonds. The van der Waals surface area contributed by atoms with Crippen LogP contribution in [-0.2, 0) is 0 Å². The van der Waals surface area contributed by atoms with Gasteiger partial charge in [0.25, 0.3) is 0 Å². The fraction of sp³-hybridized carbons (Fsp3) is 0.818. The molecular formula is C11H16. The molecule has 3 aliphatic rings. The Hall–Kier alpha value is -0.260. The summed E-state index contributed by atoms with van der Waals surface area (Å²) in [5.74, 6) is 3.43. The van der Waals surface area contributed by atoms with Crippen LogP contribution in [0.1, 0.15) is 33.1 Å². The van der Waals surface area contributed by atoms with Crippen LogP contribution in [0.25, 0.3) is 0 Å². The van der Waals surface area contributed by atoms with Gasteiger partial charge in [0.05, 0.1) is 0 Å². The normalized spacial score (nSPS) is 56.4. The van der Waals surface area contributed by atoms with Gasteiger partial charge in [-0.1, -0.05) is 18.1 Å². The second-order valence-corrected chi connectivity index (χ2v) is 4.89. The predicted molar refractivity (Wildman–Crippen MR) is 46.2 cm³/mol. The monoisotopic (exact) mass is 148 g/mol. The molecule has 0 aromatic heterocycles. The highest BCUT2D eigenvalue weighted by atomic mass is 14.9. The predicted octanol–water partition coefficient (Wildman–Crippen LogP) is 3.00. The van der Waals surface area contributed by atoms with Crippen molar-refractivity contribution in [3.8, 4) is 0 Å². The molecule has 0 heteroatoms. The van der Waals surface area contributed by atoms with Crippen molar-refractivity contribution in [2.45, 2.75) is 33.1 Å². The summed E-state index contributed by atoms with van der Waals surface area (Å²) in [6, 6.07) is 0. The third kappa shape index (κ3) is 0.544. The van der Waals surface area contributed by atoms with Crippen molar-refractivity contribution in [3.63, 3.8) is 0 Å². The molecule has 3 aliphatic carbocycles. The lowest BCUT2D eigenvalue weighted by atomic mass is 9.82. The van der Waals surface area contributed by atoms with Crippen molar-refractivity contribution in [1.82, 2.24) is 0 Å². The highest BCUT2D eigenvalue weighted by Gasteiger charge is 2.84. The molecule has 0 aromatic carbocycles. The van der Waals surface area contributed by atoms with Gasteiger partial charge in [0, 0.05) is 0 Å². The first-order chi connectivity index (χ1) is 5.27. The Morgan fingerprint density at radius 1 is 1.27 bits per heavy atom. The minimum absolute atomic E-state index is 0.789. The Morgan fingerprint density at radius 3 is 2.36 bits per heavy atom. The van der Waals surface area contributed by atoms with Gasteiger partial charge in [0.1, 0.15) is 0 Å². The zero-order valence-electron chi connectivity index (χ0n) is 7.43. The van der Waals surface area contributed by atoms with Gasteiger partial charge in [0.2, 0.25) is 0 Å². The van der Waals surface area contributed by atoms with Crippen LogP contribution in [0.3, 0.4) is 0 Å². The van der Waals surface area contributed by atoms with Crippen LogP contribution in [0.4, 0.5) is 0 Å². The molecule has 11 heavy (non-hydrogen) atoms. The van der Waals surface area contributed by atoms with Crippen molar-refractivity contribution in [2.24, 2.45) is 23.2 Å². The topological polar surface area (TPSA) is 0 Å². The lowest BCUT2D eigenvalue weighted by Crippen LogP contribution is -2.14. The zero-order chi connectivity index (χ0) is 7.64. The molecule has 3 fully saturated rings. The summed E-state index contributed by atoms with van der Waals surface area (Å²) in [6.07, 6.45) is 7.16. The lowest BCUT2D eigenvalue weighted by Gasteiger charge is -2.23. The van der Waals surface area contributed by atoms with E-state index < -0.39 is 0 Å². The zero-order valence-corrected chi connectivity index (χ0v) is 7.43. The van der Waals surface area contributed by atoms with E-state index in [1.54, 1.807) is 5.57 Å². The third-order valence-corrected chi connectivity index (χ3v) is 4.08. The number of fused-ring (bicyclic) bond motifs is 2. The third-order valence-electron chi connectivity index (χ3n) is 4.08. The van der Waals surface area contributed by atoms with Gasteiger partial charge in [-0.25, -0.2) is 0 Å². The van der Waals surface area contributed by atoms with Crippen LogP contribution in [-0.4, -0.2) is 0 Å². The Morgan fingerprint density at radius 2 is 1.91 bits per heavy atom. The number of hydrogen-bond acceptors (Lipinski definition) is 0. The average Bonchev–Trinajstić information content (AvgIpc) is 2.78. The molecular weight excluding hydrogens is 132 g/mol. The summed E-state index contributed by atoms with van der Waals surface area (Å²) in [5, 5.41) is 0. The molecule has 2 unspecified atom stereocenters. The Bertz CT molecular complexity index is 211. The molecule has 0 saturated heterocycles. The van der Waals surface area contributed by atoms with Crippen LogP contribution < -0.4 is 0 Å². The van der Waals surface area contributed by atoms with Gasteiger partial charge in [-0.3, -0.25) is 0 Å². The molecule has 2 atom stereocenters. The van der Waals surface area contributed by atoms with Crippen LogP contribution in [0.2, 0.25) is 0 Å². The van der Waals surface area contributed by atoms with Gasteiger partial charge in [0.15, 0.2) is 0 Å². The van der Waals surface area contributed by atoms with Crippen LogP contribution in [0.5, 0.6) is 0 Å².